The molecule has 29 heavy (non-hydrogen) atoms. The summed E-state index contributed by atoms with van der Waals surface area (Å²) in [6.45, 7) is 9.19. The summed E-state index contributed by atoms with van der Waals surface area (Å²) in [4.78, 5) is 12.2. The van der Waals surface area contributed by atoms with Crippen molar-refractivity contribution in [2.75, 3.05) is 13.7 Å². The van der Waals surface area contributed by atoms with Crippen molar-refractivity contribution in [3.8, 4) is 5.75 Å². The van der Waals surface area contributed by atoms with Gasteiger partial charge in [-0.2, -0.15) is 5.10 Å². The second-order valence-corrected chi connectivity index (χ2v) is 8.82. The highest BCUT2D eigenvalue weighted by atomic mass is 35.5. The number of carbonyl (C=O) groups excluding carboxylic acids is 1. The fourth-order valence-corrected chi connectivity index (χ4v) is 3.58. The molecule has 0 saturated carbocycles. The normalized spacial score (nSPS) is 17.2. The minimum Gasteiger partial charge on any atom is -0.487 e. The van der Waals surface area contributed by atoms with Crippen LogP contribution in [0.2, 0.25) is 5.02 Å². The average molecular weight is 421 g/mol. The van der Waals surface area contributed by atoms with Gasteiger partial charge in [-0.05, 0) is 55.4 Å². The quantitative estimate of drug-likeness (QED) is 0.621. The number of methoxy groups -OCH3 is 1. The number of carbonyl (C=O) groups is 1. The predicted octanol–water partition coefficient (Wildman–Crippen LogP) is 5.21. The molecule has 7 heteroatoms. The highest BCUT2D eigenvalue weighted by Gasteiger charge is 2.25. The van der Waals surface area contributed by atoms with Crippen LogP contribution in [-0.4, -0.2) is 29.5 Å². The SMILES string of the molecule is COC(=O)c1cc(COc2cc(C)c(Cl)cc2C(C)(C)C)nn1C1CCCCO1. The Labute approximate surface area is 177 Å². The Morgan fingerprint density at radius 1 is 1.31 bits per heavy atom. The molecular formula is C22H29ClN2O4. The Bertz CT molecular complexity index is 880. The summed E-state index contributed by atoms with van der Waals surface area (Å²) in [6, 6.07) is 5.62. The lowest BCUT2D eigenvalue weighted by Gasteiger charge is -2.24. The molecule has 1 aromatic heterocycles. The zero-order valence-corrected chi connectivity index (χ0v) is 18.5. The van der Waals surface area contributed by atoms with E-state index in [1.54, 1.807) is 10.7 Å². The Balaban J connectivity index is 1.87. The van der Waals surface area contributed by atoms with Crippen LogP contribution in [0.5, 0.6) is 5.75 Å². The fourth-order valence-electron chi connectivity index (χ4n) is 3.42. The van der Waals surface area contributed by atoms with Gasteiger partial charge in [-0.3, -0.25) is 0 Å². The molecule has 0 amide bonds. The molecule has 158 valence electrons. The van der Waals surface area contributed by atoms with Crippen LogP contribution in [0, 0.1) is 6.92 Å². The van der Waals surface area contributed by atoms with Crippen molar-refractivity contribution in [2.45, 2.75) is 65.2 Å². The maximum atomic E-state index is 12.2. The third kappa shape index (κ3) is 4.93. The smallest absolute Gasteiger partial charge is 0.356 e. The number of aryl methyl sites for hydroxylation is 1. The average Bonchev–Trinajstić information content (AvgIpc) is 3.12. The van der Waals surface area contributed by atoms with E-state index in [4.69, 9.17) is 25.8 Å². The first-order valence-corrected chi connectivity index (χ1v) is 10.3. The molecule has 0 bridgehead atoms. The monoisotopic (exact) mass is 420 g/mol. The van der Waals surface area contributed by atoms with E-state index < -0.39 is 5.97 Å². The molecule has 0 radical (unpaired) electrons. The summed E-state index contributed by atoms with van der Waals surface area (Å²) in [6.07, 6.45) is 2.62. The Morgan fingerprint density at radius 2 is 2.07 bits per heavy atom. The molecule has 1 atom stereocenters. The summed E-state index contributed by atoms with van der Waals surface area (Å²) in [7, 11) is 1.36. The van der Waals surface area contributed by atoms with Crippen LogP contribution in [0.15, 0.2) is 18.2 Å². The number of hydrogen-bond donors (Lipinski definition) is 0. The molecule has 1 fully saturated rings. The van der Waals surface area contributed by atoms with Crippen LogP contribution < -0.4 is 4.74 Å². The lowest BCUT2D eigenvalue weighted by atomic mass is 9.86. The van der Waals surface area contributed by atoms with Crippen LogP contribution in [0.25, 0.3) is 0 Å². The number of nitrogens with zero attached hydrogens (tertiary/aromatic N) is 2. The van der Waals surface area contributed by atoms with Crippen molar-refractivity contribution >= 4 is 17.6 Å². The van der Waals surface area contributed by atoms with Crippen molar-refractivity contribution in [3.63, 3.8) is 0 Å². The highest BCUT2D eigenvalue weighted by molar-refractivity contribution is 6.31. The molecule has 3 rings (SSSR count). The summed E-state index contributed by atoms with van der Waals surface area (Å²) in [5.74, 6) is 0.332. The number of benzene rings is 1. The zero-order chi connectivity index (χ0) is 21.2. The van der Waals surface area contributed by atoms with E-state index in [-0.39, 0.29) is 18.2 Å². The first kappa shape index (κ1) is 21.7. The van der Waals surface area contributed by atoms with Crippen LogP contribution >= 0.6 is 11.6 Å². The summed E-state index contributed by atoms with van der Waals surface area (Å²) >= 11 is 6.33. The van der Waals surface area contributed by atoms with Crippen molar-refractivity contribution < 1.29 is 19.0 Å². The maximum absolute atomic E-state index is 12.2. The van der Waals surface area contributed by atoms with E-state index >= 15 is 0 Å². The summed E-state index contributed by atoms with van der Waals surface area (Å²) < 4.78 is 18.5. The number of rotatable bonds is 5. The van der Waals surface area contributed by atoms with Gasteiger partial charge >= 0.3 is 5.97 Å². The number of halogens is 1. The first-order chi connectivity index (χ1) is 13.7. The van der Waals surface area contributed by atoms with Crippen molar-refractivity contribution in [1.82, 2.24) is 9.78 Å². The lowest BCUT2D eigenvalue weighted by molar-refractivity contribution is -0.0418. The molecular weight excluding hydrogens is 392 g/mol. The lowest BCUT2D eigenvalue weighted by Crippen LogP contribution is -2.23. The second-order valence-electron chi connectivity index (χ2n) is 8.41. The number of aromatic nitrogens is 2. The Morgan fingerprint density at radius 3 is 2.69 bits per heavy atom. The Kier molecular flexibility index (Phi) is 6.54. The molecule has 1 saturated heterocycles. The second kappa shape index (κ2) is 8.76. The summed E-state index contributed by atoms with van der Waals surface area (Å²) in [5, 5.41) is 5.31. The third-order valence-corrected chi connectivity index (χ3v) is 5.46. The van der Waals surface area contributed by atoms with Gasteiger partial charge in [-0.15, -0.1) is 0 Å². The van der Waals surface area contributed by atoms with Gasteiger partial charge in [0.25, 0.3) is 0 Å². The van der Waals surface area contributed by atoms with Gasteiger partial charge in [0.05, 0.1) is 7.11 Å². The Hall–Kier alpha value is -2.05. The van der Waals surface area contributed by atoms with E-state index in [2.05, 4.69) is 25.9 Å². The molecule has 6 nitrogen and oxygen atoms in total. The van der Waals surface area contributed by atoms with E-state index in [0.29, 0.717) is 23.0 Å². The minimum atomic E-state index is -0.435. The molecule has 1 unspecified atom stereocenters. The first-order valence-electron chi connectivity index (χ1n) is 9.92. The van der Waals surface area contributed by atoms with Gasteiger partial charge in [0.15, 0.2) is 6.23 Å². The molecule has 2 heterocycles. The van der Waals surface area contributed by atoms with Gasteiger partial charge in [-0.1, -0.05) is 32.4 Å². The molecule has 0 N–H and O–H groups in total. The van der Waals surface area contributed by atoms with Gasteiger partial charge in [0.1, 0.15) is 23.7 Å². The topological polar surface area (TPSA) is 62.6 Å². The van der Waals surface area contributed by atoms with Crippen molar-refractivity contribution in [3.05, 3.63) is 45.7 Å². The van der Waals surface area contributed by atoms with Gasteiger partial charge in [0, 0.05) is 17.2 Å². The molecule has 1 aliphatic heterocycles. The molecule has 0 aliphatic carbocycles. The van der Waals surface area contributed by atoms with Crippen molar-refractivity contribution in [1.29, 1.82) is 0 Å². The predicted molar refractivity (Wildman–Crippen MR) is 112 cm³/mol. The van der Waals surface area contributed by atoms with E-state index in [1.807, 2.05) is 19.1 Å². The number of ether oxygens (including phenoxy) is 3. The van der Waals surface area contributed by atoms with Crippen LogP contribution in [0.1, 0.15) is 73.6 Å². The highest BCUT2D eigenvalue weighted by Crippen LogP contribution is 2.36. The molecule has 1 aliphatic rings. The van der Waals surface area contributed by atoms with E-state index in [0.717, 1.165) is 36.1 Å². The van der Waals surface area contributed by atoms with Crippen LogP contribution in [0.3, 0.4) is 0 Å². The number of hydrogen-bond acceptors (Lipinski definition) is 5. The largest absolute Gasteiger partial charge is 0.487 e. The van der Waals surface area contributed by atoms with Crippen molar-refractivity contribution in [2.24, 2.45) is 0 Å². The molecule has 2 aromatic rings. The summed E-state index contributed by atoms with van der Waals surface area (Å²) in [5.41, 5.74) is 2.87. The van der Waals surface area contributed by atoms with Crippen LogP contribution in [0.4, 0.5) is 0 Å². The zero-order valence-electron chi connectivity index (χ0n) is 17.8. The van der Waals surface area contributed by atoms with E-state index in [9.17, 15) is 4.79 Å². The standard InChI is InChI=1S/C22H29ClN2O4/c1-14-10-19(16(12-17(14)23)22(2,3)4)29-13-15-11-18(21(26)27-5)25(24-15)20-8-6-7-9-28-20/h10-12,20H,6-9,13H2,1-5H3. The fraction of sp³-hybridized carbons (Fsp3) is 0.545. The molecule has 0 spiro atoms. The van der Waals surface area contributed by atoms with E-state index in [1.165, 1.54) is 7.11 Å². The van der Waals surface area contributed by atoms with Gasteiger partial charge in [-0.25, -0.2) is 9.48 Å². The molecule has 1 aromatic carbocycles. The van der Waals surface area contributed by atoms with Crippen LogP contribution in [-0.2, 0) is 21.5 Å². The van der Waals surface area contributed by atoms with Gasteiger partial charge in [0.2, 0.25) is 0 Å². The van der Waals surface area contributed by atoms with Gasteiger partial charge < -0.3 is 14.2 Å². The third-order valence-electron chi connectivity index (χ3n) is 5.05. The number of esters is 1. The maximum Gasteiger partial charge on any atom is 0.356 e. The minimum absolute atomic E-state index is 0.126.